The minimum atomic E-state index is -0.572. The average Bonchev–Trinajstić information content (AvgIpc) is 2.62. The number of hydrogen-bond acceptors (Lipinski definition) is 5. The summed E-state index contributed by atoms with van der Waals surface area (Å²) in [5.74, 6) is -1.06. The van der Waals surface area contributed by atoms with Crippen molar-refractivity contribution in [1.82, 2.24) is 5.32 Å². The van der Waals surface area contributed by atoms with E-state index in [4.69, 9.17) is 10.00 Å². The molecule has 136 valence electrons. The Bertz CT molecular complexity index is 940. The summed E-state index contributed by atoms with van der Waals surface area (Å²) in [6.07, 6.45) is 1.48. The Morgan fingerprint density at radius 2 is 1.70 bits per heavy atom. The number of esters is 1. The zero-order valence-electron chi connectivity index (χ0n) is 14.8. The second kappa shape index (κ2) is 8.97. The molecule has 0 saturated heterocycles. The van der Waals surface area contributed by atoms with Gasteiger partial charge in [0.25, 0.3) is 5.91 Å². The van der Waals surface area contributed by atoms with Crippen molar-refractivity contribution < 1.29 is 19.1 Å². The smallest absolute Gasteiger partial charge is 0.308 e. The predicted octanol–water partition coefficient (Wildman–Crippen LogP) is 2.60. The van der Waals surface area contributed by atoms with E-state index in [0.717, 1.165) is 0 Å². The van der Waals surface area contributed by atoms with Gasteiger partial charge in [-0.25, -0.2) is 0 Å². The maximum absolute atomic E-state index is 12.6. The van der Waals surface area contributed by atoms with E-state index >= 15 is 0 Å². The van der Waals surface area contributed by atoms with Crippen LogP contribution in [0.3, 0.4) is 0 Å². The Balaban J connectivity index is 2.27. The number of nitrogens with one attached hydrogen (secondary N) is 2. The molecule has 0 bridgehead atoms. The Kier molecular flexibility index (Phi) is 6.44. The van der Waals surface area contributed by atoms with Gasteiger partial charge in [0.1, 0.15) is 17.5 Å². The zero-order chi connectivity index (χ0) is 19.8. The molecular formula is C20H17N3O4. The van der Waals surface area contributed by atoms with Gasteiger partial charge in [0.15, 0.2) is 0 Å². The summed E-state index contributed by atoms with van der Waals surface area (Å²) < 4.78 is 4.95. The number of para-hydroxylation sites is 1. The average molecular weight is 363 g/mol. The summed E-state index contributed by atoms with van der Waals surface area (Å²) >= 11 is 0. The van der Waals surface area contributed by atoms with E-state index in [1.54, 1.807) is 48.5 Å². The Labute approximate surface area is 156 Å². The van der Waals surface area contributed by atoms with Gasteiger partial charge in [0, 0.05) is 13.8 Å². The highest BCUT2D eigenvalue weighted by molar-refractivity contribution is 6.09. The SMILES string of the molecule is CC(=O)NC(=Cc1ccc(OC(C)=O)cc1)C(=O)Nc1ccccc1C#N. The van der Waals surface area contributed by atoms with E-state index in [0.29, 0.717) is 22.6 Å². The molecule has 27 heavy (non-hydrogen) atoms. The molecular weight excluding hydrogens is 346 g/mol. The van der Waals surface area contributed by atoms with Crippen molar-refractivity contribution in [3.8, 4) is 11.8 Å². The molecule has 0 aliphatic heterocycles. The Morgan fingerprint density at radius 3 is 2.30 bits per heavy atom. The lowest BCUT2D eigenvalue weighted by Gasteiger charge is -2.11. The molecule has 0 fully saturated rings. The molecule has 2 aromatic rings. The summed E-state index contributed by atoms with van der Waals surface area (Å²) in [7, 11) is 0. The van der Waals surface area contributed by atoms with Crippen molar-refractivity contribution in [2.75, 3.05) is 5.32 Å². The van der Waals surface area contributed by atoms with Gasteiger partial charge in [-0.2, -0.15) is 5.26 Å². The number of amides is 2. The van der Waals surface area contributed by atoms with Gasteiger partial charge in [-0.1, -0.05) is 24.3 Å². The van der Waals surface area contributed by atoms with Crippen LogP contribution in [0.15, 0.2) is 54.2 Å². The lowest BCUT2D eigenvalue weighted by molar-refractivity contribution is -0.131. The standard InChI is InChI=1S/C20H17N3O4/c1-13(24)22-19(11-15-7-9-17(10-8-15)27-14(2)25)20(26)23-18-6-4-3-5-16(18)12-21/h3-11H,1-2H3,(H,22,24)(H,23,26). The van der Waals surface area contributed by atoms with Crippen LogP contribution in [-0.2, 0) is 14.4 Å². The molecule has 0 saturated carbocycles. The number of carbonyl (C=O) groups is 3. The molecule has 2 amide bonds. The van der Waals surface area contributed by atoms with E-state index in [1.165, 1.54) is 19.9 Å². The maximum atomic E-state index is 12.6. The summed E-state index contributed by atoms with van der Waals surface area (Å²) in [4.78, 5) is 35.0. The van der Waals surface area contributed by atoms with Gasteiger partial charge >= 0.3 is 5.97 Å². The van der Waals surface area contributed by atoms with E-state index in [2.05, 4.69) is 10.6 Å². The molecule has 2 N–H and O–H groups in total. The molecule has 2 aromatic carbocycles. The molecule has 0 radical (unpaired) electrons. The molecule has 7 heteroatoms. The molecule has 0 atom stereocenters. The van der Waals surface area contributed by atoms with Gasteiger partial charge in [-0.15, -0.1) is 0 Å². The third kappa shape index (κ3) is 5.83. The van der Waals surface area contributed by atoms with Crippen LogP contribution in [0.2, 0.25) is 0 Å². The van der Waals surface area contributed by atoms with Crippen LogP contribution < -0.4 is 15.4 Å². The largest absolute Gasteiger partial charge is 0.427 e. The van der Waals surface area contributed by atoms with Crippen LogP contribution in [0.25, 0.3) is 6.08 Å². The molecule has 2 rings (SSSR count). The summed E-state index contributed by atoms with van der Waals surface area (Å²) in [5.41, 5.74) is 1.26. The third-order valence-electron chi connectivity index (χ3n) is 3.30. The second-order valence-corrected chi connectivity index (χ2v) is 5.51. The summed E-state index contributed by atoms with van der Waals surface area (Å²) in [6.45, 7) is 2.58. The summed E-state index contributed by atoms with van der Waals surface area (Å²) in [5, 5.41) is 14.2. The second-order valence-electron chi connectivity index (χ2n) is 5.51. The quantitative estimate of drug-likeness (QED) is 0.482. The van der Waals surface area contributed by atoms with Crippen molar-refractivity contribution in [3.63, 3.8) is 0 Å². The van der Waals surface area contributed by atoms with Crippen LogP contribution in [0.5, 0.6) is 5.75 Å². The van der Waals surface area contributed by atoms with Gasteiger partial charge in [-0.3, -0.25) is 14.4 Å². The molecule has 0 aromatic heterocycles. The van der Waals surface area contributed by atoms with Crippen LogP contribution in [0.1, 0.15) is 25.0 Å². The van der Waals surface area contributed by atoms with Crippen molar-refractivity contribution in [1.29, 1.82) is 5.26 Å². The van der Waals surface area contributed by atoms with Crippen LogP contribution >= 0.6 is 0 Å². The fourth-order valence-electron chi connectivity index (χ4n) is 2.19. The molecule has 0 aliphatic rings. The first-order valence-electron chi connectivity index (χ1n) is 7.97. The van der Waals surface area contributed by atoms with Crippen LogP contribution in [0.4, 0.5) is 5.69 Å². The van der Waals surface area contributed by atoms with Crippen molar-refractivity contribution >= 4 is 29.5 Å². The lowest BCUT2D eigenvalue weighted by Crippen LogP contribution is -2.29. The van der Waals surface area contributed by atoms with Gasteiger partial charge in [0.2, 0.25) is 5.91 Å². The van der Waals surface area contributed by atoms with E-state index in [9.17, 15) is 14.4 Å². The van der Waals surface area contributed by atoms with Crippen molar-refractivity contribution in [3.05, 3.63) is 65.4 Å². The Morgan fingerprint density at radius 1 is 1.04 bits per heavy atom. The highest BCUT2D eigenvalue weighted by atomic mass is 16.5. The van der Waals surface area contributed by atoms with E-state index < -0.39 is 17.8 Å². The van der Waals surface area contributed by atoms with Crippen LogP contribution in [-0.4, -0.2) is 17.8 Å². The van der Waals surface area contributed by atoms with Crippen molar-refractivity contribution in [2.24, 2.45) is 0 Å². The molecule has 0 aliphatic carbocycles. The lowest BCUT2D eigenvalue weighted by atomic mass is 10.1. The third-order valence-corrected chi connectivity index (χ3v) is 3.30. The number of hydrogen-bond donors (Lipinski definition) is 2. The fourth-order valence-corrected chi connectivity index (χ4v) is 2.19. The minimum Gasteiger partial charge on any atom is -0.427 e. The number of rotatable bonds is 5. The molecule has 7 nitrogen and oxygen atoms in total. The minimum absolute atomic E-state index is 0.00970. The highest BCUT2D eigenvalue weighted by Gasteiger charge is 2.13. The number of nitrogens with zero attached hydrogens (tertiary/aromatic N) is 1. The zero-order valence-corrected chi connectivity index (χ0v) is 14.8. The maximum Gasteiger partial charge on any atom is 0.308 e. The number of benzene rings is 2. The first-order valence-corrected chi connectivity index (χ1v) is 7.97. The molecule has 0 unspecified atom stereocenters. The van der Waals surface area contributed by atoms with E-state index in [1.807, 2.05) is 6.07 Å². The first kappa shape index (κ1) is 19.4. The normalized spacial score (nSPS) is 10.5. The van der Waals surface area contributed by atoms with Gasteiger partial charge in [0.05, 0.1) is 11.3 Å². The number of anilines is 1. The number of nitriles is 1. The molecule has 0 spiro atoms. The number of ether oxygens (including phenoxy) is 1. The van der Waals surface area contributed by atoms with Gasteiger partial charge < -0.3 is 15.4 Å². The predicted molar refractivity (Wildman–Crippen MR) is 99.3 cm³/mol. The monoisotopic (exact) mass is 363 g/mol. The Hall–Kier alpha value is -3.92. The summed E-state index contributed by atoms with van der Waals surface area (Å²) in [6, 6.07) is 14.9. The van der Waals surface area contributed by atoms with Gasteiger partial charge in [-0.05, 0) is 35.9 Å². The highest BCUT2D eigenvalue weighted by Crippen LogP contribution is 2.17. The molecule has 0 heterocycles. The van der Waals surface area contributed by atoms with Crippen molar-refractivity contribution in [2.45, 2.75) is 13.8 Å². The van der Waals surface area contributed by atoms with Crippen LogP contribution in [0, 0.1) is 11.3 Å². The first-order chi connectivity index (χ1) is 12.9. The fraction of sp³-hybridized carbons (Fsp3) is 0.100. The van der Waals surface area contributed by atoms with E-state index in [-0.39, 0.29) is 5.70 Å². The number of carbonyl (C=O) groups excluding carboxylic acids is 3. The topological polar surface area (TPSA) is 108 Å².